The quantitative estimate of drug-likeness (QED) is 0.201. The molecule has 0 spiro atoms. The first-order valence-electron chi connectivity index (χ1n) is 12.6. The second-order valence-corrected chi connectivity index (χ2v) is 9.81. The van der Waals surface area contributed by atoms with Crippen molar-refractivity contribution in [2.45, 2.75) is 80.7 Å². The number of carboxylic acids is 3. The average molecular weight is 547 g/mol. The predicted octanol–water partition coefficient (Wildman–Crippen LogP) is 1.47. The van der Waals surface area contributed by atoms with E-state index in [1.807, 2.05) is 42.5 Å². The van der Waals surface area contributed by atoms with Gasteiger partial charge in [-0.2, -0.15) is 0 Å². The number of esters is 1. The third-order valence-electron chi connectivity index (χ3n) is 7.42. The molecule has 12 nitrogen and oxygen atoms in total. The zero-order valence-electron chi connectivity index (χ0n) is 21.1. The highest BCUT2D eigenvalue weighted by Crippen LogP contribution is 2.55. The van der Waals surface area contributed by atoms with Gasteiger partial charge in [-0.05, 0) is 42.0 Å². The van der Waals surface area contributed by atoms with Gasteiger partial charge in [0.2, 0.25) is 23.1 Å². The van der Waals surface area contributed by atoms with Crippen LogP contribution in [0.1, 0.15) is 44.6 Å². The molecule has 0 radical (unpaired) electrons. The minimum absolute atomic E-state index is 0.212. The lowest BCUT2D eigenvalue weighted by Gasteiger charge is -2.48. The predicted molar refractivity (Wildman–Crippen MR) is 132 cm³/mol. The molecule has 0 unspecified atom stereocenters. The fourth-order valence-corrected chi connectivity index (χ4v) is 5.55. The van der Waals surface area contributed by atoms with Crippen molar-refractivity contribution in [1.29, 1.82) is 0 Å². The highest BCUT2D eigenvalue weighted by atomic mass is 16.8. The summed E-state index contributed by atoms with van der Waals surface area (Å²) in [4.78, 5) is 49.3. The van der Waals surface area contributed by atoms with Crippen molar-refractivity contribution < 1.29 is 58.9 Å². The van der Waals surface area contributed by atoms with Gasteiger partial charge in [0.15, 0.2) is 6.10 Å². The molecule has 39 heavy (non-hydrogen) atoms. The number of hydrogen-bond acceptors (Lipinski definition) is 9. The summed E-state index contributed by atoms with van der Waals surface area (Å²) in [6.45, 7) is 1.63. The Hall–Kier alpha value is -3.58. The van der Waals surface area contributed by atoms with Crippen LogP contribution < -0.4 is 0 Å². The van der Waals surface area contributed by atoms with E-state index >= 15 is 0 Å². The lowest BCUT2D eigenvalue weighted by atomic mass is 9.74. The Morgan fingerprint density at radius 2 is 1.67 bits per heavy atom. The second-order valence-electron chi connectivity index (χ2n) is 9.81. The van der Waals surface area contributed by atoms with E-state index in [2.05, 4.69) is 0 Å². The molecule has 2 fully saturated rings. The van der Waals surface area contributed by atoms with E-state index in [1.165, 1.54) is 0 Å². The number of rotatable bonds is 11. The van der Waals surface area contributed by atoms with Crippen molar-refractivity contribution >= 4 is 34.6 Å². The van der Waals surface area contributed by atoms with Crippen molar-refractivity contribution in [2.24, 2.45) is 0 Å². The molecule has 2 aliphatic heterocycles. The molecule has 6 atom stereocenters. The number of unbranched alkanes of at least 4 members (excludes halogenated alkanes) is 1. The van der Waals surface area contributed by atoms with Crippen LogP contribution in [0.15, 0.2) is 42.5 Å². The number of benzene rings is 2. The van der Waals surface area contributed by atoms with Crippen LogP contribution in [0.25, 0.3) is 10.8 Å². The van der Waals surface area contributed by atoms with Crippen LogP contribution >= 0.6 is 0 Å². The molecule has 0 aromatic heterocycles. The number of aliphatic carboxylic acids is 3. The zero-order chi connectivity index (χ0) is 28.6. The van der Waals surface area contributed by atoms with E-state index in [4.69, 9.17) is 14.2 Å². The summed E-state index contributed by atoms with van der Waals surface area (Å²) in [7, 11) is 0. The Morgan fingerprint density at radius 1 is 0.974 bits per heavy atom. The molecule has 5 N–H and O–H groups in total. The van der Waals surface area contributed by atoms with Crippen LogP contribution in [-0.4, -0.2) is 84.7 Å². The smallest absolute Gasteiger partial charge is 0.344 e. The summed E-state index contributed by atoms with van der Waals surface area (Å²) in [5, 5.41) is 54.2. The molecule has 0 aliphatic carbocycles. The van der Waals surface area contributed by atoms with Crippen LogP contribution in [-0.2, 0) is 39.8 Å². The van der Waals surface area contributed by atoms with Gasteiger partial charge in [0.05, 0.1) is 0 Å². The van der Waals surface area contributed by atoms with Crippen molar-refractivity contribution in [3.8, 4) is 0 Å². The van der Waals surface area contributed by atoms with E-state index in [1.54, 1.807) is 6.92 Å². The number of fused-ring (bicyclic) bond motifs is 3. The normalized spacial score (nSPS) is 31.6. The molecule has 210 valence electrons. The zero-order valence-corrected chi connectivity index (χ0v) is 21.1. The van der Waals surface area contributed by atoms with Crippen molar-refractivity contribution in [1.82, 2.24) is 0 Å². The Bertz CT molecular complexity index is 1290. The van der Waals surface area contributed by atoms with Crippen LogP contribution in [0.4, 0.5) is 0 Å². The van der Waals surface area contributed by atoms with Crippen molar-refractivity contribution in [2.75, 3.05) is 0 Å². The minimum Gasteiger partial charge on any atom is -0.479 e. The van der Waals surface area contributed by atoms with Gasteiger partial charge in [0.1, 0.15) is 6.10 Å². The topological polar surface area (TPSA) is 197 Å². The third kappa shape index (κ3) is 4.42. The van der Waals surface area contributed by atoms with E-state index in [0.717, 1.165) is 16.3 Å². The van der Waals surface area contributed by atoms with Crippen LogP contribution in [0, 0.1) is 0 Å². The van der Waals surface area contributed by atoms with Gasteiger partial charge in [-0.25, -0.2) is 14.4 Å². The SMILES string of the molecule is CCCC(=O)O[C@@H]1[C@@H](O)[C@]2(CCCCc3cccc4ccccc34)O[C@H](C(=O)O)[C@@](O)(C(=O)O)[C@@]1(C(=O)O)O2. The molecule has 2 aromatic carbocycles. The molecule has 2 bridgehead atoms. The van der Waals surface area contributed by atoms with E-state index in [0.29, 0.717) is 12.8 Å². The van der Waals surface area contributed by atoms with Crippen LogP contribution in [0.3, 0.4) is 0 Å². The van der Waals surface area contributed by atoms with Crippen LogP contribution in [0.5, 0.6) is 0 Å². The first-order chi connectivity index (χ1) is 18.4. The fraction of sp³-hybridized carbons (Fsp3) is 0.481. The van der Waals surface area contributed by atoms with Gasteiger partial charge in [-0.3, -0.25) is 4.79 Å². The number of carbonyl (C=O) groups is 4. The summed E-state index contributed by atoms with van der Waals surface area (Å²) in [6.07, 6.45) is -6.05. The largest absolute Gasteiger partial charge is 0.479 e. The molecular formula is C27H30O12. The van der Waals surface area contributed by atoms with Crippen molar-refractivity contribution in [3.63, 3.8) is 0 Å². The number of carboxylic acid groups (broad SMARTS) is 3. The minimum atomic E-state index is -3.76. The van der Waals surface area contributed by atoms with Gasteiger partial charge >= 0.3 is 23.9 Å². The monoisotopic (exact) mass is 546 g/mol. The molecule has 2 aliphatic rings. The number of aliphatic hydroxyl groups is 2. The van der Waals surface area contributed by atoms with Gasteiger partial charge in [-0.1, -0.05) is 49.4 Å². The molecule has 2 saturated heterocycles. The van der Waals surface area contributed by atoms with E-state index < -0.39 is 59.2 Å². The maximum atomic E-state index is 12.6. The number of hydrogen-bond donors (Lipinski definition) is 5. The van der Waals surface area contributed by atoms with Gasteiger partial charge in [0.25, 0.3) is 0 Å². The highest BCUT2D eigenvalue weighted by molar-refractivity contribution is 5.98. The first kappa shape index (κ1) is 28.4. The fourth-order valence-electron chi connectivity index (χ4n) is 5.55. The molecule has 2 aromatic rings. The summed E-state index contributed by atoms with van der Waals surface area (Å²) >= 11 is 0. The van der Waals surface area contributed by atoms with E-state index in [-0.39, 0.29) is 25.7 Å². The Morgan fingerprint density at radius 3 is 2.31 bits per heavy atom. The van der Waals surface area contributed by atoms with Gasteiger partial charge < -0.3 is 39.7 Å². The number of aryl methyl sites for hydroxylation is 1. The summed E-state index contributed by atoms with van der Waals surface area (Å²) in [5.41, 5.74) is -6.11. The Balaban J connectivity index is 1.67. The molecule has 2 heterocycles. The molecule has 0 amide bonds. The molecule has 12 heteroatoms. The first-order valence-corrected chi connectivity index (χ1v) is 12.6. The maximum absolute atomic E-state index is 12.6. The molecule has 0 saturated carbocycles. The van der Waals surface area contributed by atoms with Gasteiger partial charge in [0, 0.05) is 12.8 Å². The Labute approximate surface area is 222 Å². The standard InChI is InChI=1S/C27H30O12/c1-2-8-18(28)37-20-19(29)25(14-6-5-10-16-12-7-11-15-9-3-4-13-17(15)16)38-21(22(30)31)26(36,23(32)33)27(20,39-25)24(34)35/h3-4,7,9,11-13,19-21,29,36H,2,5-6,8,10,14H2,1H3,(H,30,31)(H,32,33)(H,34,35)/t19-,20-,21-,25-,26-,27-/m1/s1. The summed E-state index contributed by atoms with van der Waals surface area (Å²) < 4.78 is 16.2. The third-order valence-corrected chi connectivity index (χ3v) is 7.42. The summed E-state index contributed by atoms with van der Waals surface area (Å²) in [5.74, 6) is -9.81. The number of carbonyl (C=O) groups excluding carboxylic acids is 1. The maximum Gasteiger partial charge on any atom is 0.344 e. The Kier molecular flexibility index (Phi) is 7.68. The lowest BCUT2D eigenvalue weighted by Crippen LogP contribution is -2.78. The number of aliphatic hydroxyl groups excluding tert-OH is 1. The highest BCUT2D eigenvalue weighted by Gasteiger charge is 2.85. The number of ether oxygens (including phenoxy) is 3. The van der Waals surface area contributed by atoms with E-state index in [9.17, 15) is 44.7 Å². The molecular weight excluding hydrogens is 516 g/mol. The molecule has 4 rings (SSSR count). The van der Waals surface area contributed by atoms with Gasteiger partial charge in [-0.15, -0.1) is 0 Å². The lowest BCUT2D eigenvalue weighted by molar-refractivity contribution is -0.374. The van der Waals surface area contributed by atoms with Crippen LogP contribution in [0.2, 0.25) is 0 Å². The second kappa shape index (κ2) is 10.5. The van der Waals surface area contributed by atoms with Crippen molar-refractivity contribution in [3.05, 3.63) is 48.0 Å². The summed E-state index contributed by atoms with van der Waals surface area (Å²) in [6, 6.07) is 13.6. The average Bonchev–Trinajstić information content (AvgIpc) is 3.10.